The molecule has 1 N–H and O–H groups in total. The van der Waals surface area contributed by atoms with Gasteiger partial charge in [-0.25, -0.2) is 13.2 Å². The molecular weight excluding hydrogens is 263 g/mol. The lowest BCUT2D eigenvalue weighted by molar-refractivity contribution is 0.511. The molecule has 1 nitrogen and oxygen atoms in total. The Hall–Kier alpha value is -1.68. The predicted octanol–water partition coefficient (Wildman–Crippen LogP) is 4.37. The van der Waals surface area contributed by atoms with Gasteiger partial charge in [0.25, 0.3) is 0 Å². The zero-order valence-electron chi connectivity index (χ0n) is 9.18. The first-order valence-electron chi connectivity index (χ1n) is 5.20. The first-order valence-corrected chi connectivity index (χ1v) is 5.57. The molecule has 0 fully saturated rings. The van der Waals surface area contributed by atoms with Gasteiger partial charge < -0.3 is 5.32 Å². The highest BCUT2D eigenvalue weighted by Crippen LogP contribution is 2.19. The minimum Gasteiger partial charge on any atom is -0.379 e. The first-order chi connectivity index (χ1) is 8.58. The van der Waals surface area contributed by atoms with Crippen molar-refractivity contribution in [3.63, 3.8) is 0 Å². The van der Waals surface area contributed by atoms with Crippen molar-refractivity contribution < 1.29 is 13.2 Å². The van der Waals surface area contributed by atoms with E-state index in [1.165, 1.54) is 30.3 Å². The molecule has 2 aromatic carbocycles. The van der Waals surface area contributed by atoms with E-state index in [2.05, 4.69) is 5.32 Å². The average molecular weight is 272 g/mol. The fourth-order valence-corrected chi connectivity index (χ4v) is 1.69. The summed E-state index contributed by atoms with van der Waals surface area (Å²) in [6.07, 6.45) is 0. The van der Waals surface area contributed by atoms with Crippen LogP contribution in [0.15, 0.2) is 36.4 Å². The normalized spacial score (nSPS) is 10.4. The molecule has 0 heterocycles. The summed E-state index contributed by atoms with van der Waals surface area (Å²) in [7, 11) is 0. The van der Waals surface area contributed by atoms with Crippen LogP contribution < -0.4 is 5.32 Å². The van der Waals surface area contributed by atoms with Crippen LogP contribution in [0, 0.1) is 17.5 Å². The van der Waals surface area contributed by atoms with Gasteiger partial charge in [0.05, 0.1) is 10.7 Å². The van der Waals surface area contributed by atoms with Gasteiger partial charge in [-0.05, 0) is 29.8 Å². The molecule has 2 rings (SSSR count). The van der Waals surface area contributed by atoms with Crippen molar-refractivity contribution in [3.8, 4) is 0 Å². The van der Waals surface area contributed by atoms with Crippen LogP contribution >= 0.6 is 11.6 Å². The molecule has 0 saturated heterocycles. The van der Waals surface area contributed by atoms with Gasteiger partial charge in [-0.1, -0.05) is 23.7 Å². The van der Waals surface area contributed by atoms with Crippen molar-refractivity contribution in [2.75, 3.05) is 5.32 Å². The van der Waals surface area contributed by atoms with Gasteiger partial charge in [0, 0.05) is 6.54 Å². The SMILES string of the molecule is Fc1ccc(CNc2cccc(F)c2F)cc1Cl. The number of anilines is 1. The minimum atomic E-state index is -0.939. The molecule has 18 heavy (non-hydrogen) atoms. The highest BCUT2D eigenvalue weighted by atomic mass is 35.5. The Bertz CT molecular complexity index is 572. The van der Waals surface area contributed by atoms with Crippen LogP contribution in [0.25, 0.3) is 0 Å². The molecular formula is C13H9ClF3N. The lowest BCUT2D eigenvalue weighted by Crippen LogP contribution is -2.02. The van der Waals surface area contributed by atoms with E-state index in [0.29, 0.717) is 5.56 Å². The number of nitrogens with one attached hydrogen (secondary N) is 1. The minimum absolute atomic E-state index is 0.00554. The molecule has 94 valence electrons. The number of hydrogen-bond acceptors (Lipinski definition) is 1. The monoisotopic (exact) mass is 271 g/mol. The van der Waals surface area contributed by atoms with Crippen LogP contribution in [0.5, 0.6) is 0 Å². The second-order valence-electron chi connectivity index (χ2n) is 3.70. The Morgan fingerprint density at radius 2 is 1.78 bits per heavy atom. The van der Waals surface area contributed by atoms with Gasteiger partial charge in [0.2, 0.25) is 0 Å². The number of hydrogen-bond donors (Lipinski definition) is 1. The van der Waals surface area contributed by atoms with Gasteiger partial charge >= 0.3 is 0 Å². The molecule has 0 amide bonds. The van der Waals surface area contributed by atoms with Crippen molar-refractivity contribution in [1.82, 2.24) is 0 Å². The third-order valence-electron chi connectivity index (χ3n) is 2.42. The summed E-state index contributed by atoms with van der Waals surface area (Å²) in [5.41, 5.74) is 0.723. The summed E-state index contributed by atoms with van der Waals surface area (Å²) in [5, 5.41) is 2.72. The Kier molecular flexibility index (Phi) is 3.77. The van der Waals surface area contributed by atoms with Crippen molar-refractivity contribution in [1.29, 1.82) is 0 Å². The fourth-order valence-electron chi connectivity index (χ4n) is 1.49. The zero-order chi connectivity index (χ0) is 13.1. The van der Waals surface area contributed by atoms with E-state index in [1.807, 2.05) is 0 Å². The number of benzene rings is 2. The molecule has 0 spiro atoms. The third kappa shape index (κ3) is 2.76. The number of halogens is 4. The van der Waals surface area contributed by atoms with E-state index in [1.54, 1.807) is 0 Å². The molecule has 0 aliphatic rings. The van der Waals surface area contributed by atoms with Crippen molar-refractivity contribution in [2.24, 2.45) is 0 Å². The highest BCUT2D eigenvalue weighted by Gasteiger charge is 2.07. The Balaban J connectivity index is 2.11. The molecule has 0 radical (unpaired) electrons. The quantitative estimate of drug-likeness (QED) is 0.874. The first kappa shape index (κ1) is 12.8. The molecule has 2 aromatic rings. The molecule has 0 unspecified atom stereocenters. The van der Waals surface area contributed by atoms with Crippen molar-refractivity contribution in [2.45, 2.75) is 6.54 Å². The second kappa shape index (κ2) is 5.31. The predicted molar refractivity (Wildman–Crippen MR) is 65.1 cm³/mol. The maximum Gasteiger partial charge on any atom is 0.181 e. The van der Waals surface area contributed by atoms with Crippen LogP contribution in [0.4, 0.5) is 18.9 Å². The summed E-state index contributed by atoms with van der Waals surface area (Å²) in [5.74, 6) is -2.37. The van der Waals surface area contributed by atoms with Crippen LogP contribution in [0.2, 0.25) is 5.02 Å². The standard InChI is InChI=1S/C13H9ClF3N/c14-9-6-8(4-5-10(9)15)7-18-12-3-1-2-11(16)13(12)17/h1-6,18H,7H2. The summed E-state index contributed by atoms with van der Waals surface area (Å²) >= 11 is 5.62. The van der Waals surface area contributed by atoms with E-state index < -0.39 is 17.5 Å². The van der Waals surface area contributed by atoms with Crippen LogP contribution in [-0.4, -0.2) is 0 Å². The van der Waals surface area contributed by atoms with Gasteiger partial charge in [-0.15, -0.1) is 0 Å². The zero-order valence-corrected chi connectivity index (χ0v) is 9.94. The molecule has 0 bridgehead atoms. The maximum absolute atomic E-state index is 13.3. The van der Waals surface area contributed by atoms with E-state index in [-0.39, 0.29) is 17.3 Å². The Labute approximate surface area is 107 Å². The van der Waals surface area contributed by atoms with Gasteiger partial charge in [-0.3, -0.25) is 0 Å². The summed E-state index contributed by atoms with van der Waals surface area (Å²) < 4.78 is 39.2. The number of rotatable bonds is 3. The van der Waals surface area contributed by atoms with Crippen LogP contribution in [-0.2, 0) is 6.54 Å². The van der Waals surface area contributed by atoms with Crippen LogP contribution in [0.3, 0.4) is 0 Å². The third-order valence-corrected chi connectivity index (χ3v) is 2.71. The lowest BCUT2D eigenvalue weighted by atomic mass is 10.2. The summed E-state index contributed by atoms with van der Waals surface area (Å²) in [6, 6.07) is 8.03. The van der Waals surface area contributed by atoms with Gasteiger partial charge in [-0.2, -0.15) is 0 Å². The lowest BCUT2D eigenvalue weighted by Gasteiger charge is -2.08. The van der Waals surface area contributed by atoms with Crippen LogP contribution in [0.1, 0.15) is 5.56 Å². The van der Waals surface area contributed by atoms with Crippen molar-refractivity contribution >= 4 is 17.3 Å². The largest absolute Gasteiger partial charge is 0.379 e. The average Bonchev–Trinajstić information content (AvgIpc) is 2.35. The smallest absolute Gasteiger partial charge is 0.181 e. The Morgan fingerprint density at radius 3 is 2.50 bits per heavy atom. The highest BCUT2D eigenvalue weighted by molar-refractivity contribution is 6.30. The molecule has 5 heteroatoms. The molecule has 0 atom stereocenters. The van der Waals surface area contributed by atoms with Crippen molar-refractivity contribution in [3.05, 3.63) is 64.4 Å². The summed E-state index contributed by atoms with van der Waals surface area (Å²) in [6.45, 7) is 0.223. The fraction of sp³-hybridized carbons (Fsp3) is 0.0769. The topological polar surface area (TPSA) is 12.0 Å². The summed E-state index contributed by atoms with van der Waals surface area (Å²) in [4.78, 5) is 0. The van der Waals surface area contributed by atoms with E-state index in [0.717, 1.165) is 6.07 Å². The molecule has 0 saturated carbocycles. The van der Waals surface area contributed by atoms with E-state index in [9.17, 15) is 13.2 Å². The Morgan fingerprint density at radius 1 is 1.00 bits per heavy atom. The second-order valence-corrected chi connectivity index (χ2v) is 4.11. The van der Waals surface area contributed by atoms with Gasteiger partial charge in [0.15, 0.2) is 11.6 Å². The molecule has 0 aliphatic carbocycles. The van der Waals surface area contributed by atoms with E-state index >= 15 is 0 Å². The maximum atomic E-state index is 13.3. The van der Waals surface area contributed by atoms with E-state index in [4.69, 9.17) is 11.6 Å². The molecule has 0 aromatic heterocycles. The molecule has 0 aliphatic heterocycles. The van der Waals surface area contributed by atoms with Gasteiger partial charge in [0.1, 0.15) is 5.82 Å².